The Labute approximate surface area is 147 Å². The second-order valence-corrected chi connectivity index (χ2v) is 7.07. The van der Waals surface area contributed by atoms with Gasteiger partial charge in [-0.3, -0.25) is 4.79 Å². The van der Waals surface area contributed by atoms with Crippen LogP contribution in [0.2, 0.25) is 0 Å². The summed E-state index contributed by atoms with van der Waals surface area (Å²) in [5.41, 5.74) is 1.07. The van der Waals surface area contributed by atoms with Crippen LogP contribution in [-0.4, -0.2) is 30.7 Å². The molecule has 0 radical (unpaired) electrons. The van der Waals surface area contributed by atoms with Crippen LogP contribution in [0.15, 0.2) is 29.5 Å². The minimum atomic E-state index is -0.829. The van der Waals surface area contributed by atoms with Crippen molar-refractivity contribution in [2.24, 2.45) is 0 Å². The molecule has 0 bridgehead atoms. The Bertz CT molecular complexity index is 763. The predicted molar refractivity (Wildman–Crippen MR) is 91.5 cm³/mol. The summed E-state index contributed by atoms with van der Waals surface area (Å²) in [5, 5.41) is 2.81. The molecule has 0 spiro atoms. The van der Waals surface area contributed by atoms with Crippen molar-refractivity contribution in [3.8, 4) is 11.5 Å². The van der Waals surface area contributed by atoms with Crippen molar-refractivity contribution in [2.75, 3.05) is 7.11 Å². The minimum Gasteiger partial charge on any atom is -0.493 e. The van der Waals surface area contributed by atoms with Gasteiger partial charge in [-0.05, 0) is 45.4 Å². The first-order valence-corrected chi connectivity index (χ1v) is 8.35. The molecular weight excluding hydrogens is 322 g/mol. The third-order valence-corrected chi connectivity index (χ3v) is 4.39. The van der Waals surface area contributed by atoms with Gasteiger partial charge in [-0.15, -0.1) is 0 Å². The Balaban J connectivity index is 2.07. The molecule has 6 heteroatoms. The number of methoxy groups -OCH3 is 1. The second-order valence-electron chi connectivity index (χ2n) is 7.07. The standard InChI is InChI=1S/C19H23NO5/c1-10(2)24-14-8-11(6-7-13(14)23-5)12-9-15(21)20-17-16(12)18(22)25-19(17,3)4/h6-8,10,12H,9H2,1-5H3,(H,20,21). The van der Waals surface area contributed by atoms with E-state index in [1.807, 2.05) is 26.0 Å². The quantitative estimate of drug-likeness (QED) is 0.849. The normalized spacial score (nSPS) is 21.8. The third kappa shape index (κ3) is 3.08. The van der Waals surface area contributed by atoms with Crippen LogP contribution in [-0.2, 0) is 14.3 Å². The van der Waals surface area contributed by atoms with Gasteiger partial charge in [0.25, 0.3) is 0 Å². The Hall–Kier alpha value is -2.50. The average molecular weight is 345 g/mol. The number of cyclic esters (lactones) is 1. The molecule has 3 rings (SSSR count). The van der Waals surface area contributed by atoms with E-state index in [4.69, 9.17) is 14.2 Å². The van der Waals surface area contributed by atoms with Gasteiger partial charge in [-0.2, -0.15) is 0 Å². The fourth-order valence-corrected chi connectivity index (χ4v) is 3.32. The molecule has 1 atom stereocenters. The molecule has 0 fully saturated rings. The highest BCUT2D eigenvalue weighted by atomic mass is 16.6. The minimum absolute atomic E-state index is 0.0241. The molecule has 1 aromatic rings. The van der Waals surface area contributed by atoms with Crippen molar-refractivity contribution in [1.29, 1.82) is 0 Å². The molecular formula is C19H23NO5. The zero-order chi connectivity index (χ0) is 18.4. The highest BCUT2D eigenvalue weighted by Crippen LogP contribution is 2.44. The number of carbonyl (C=O) groups excluding carboxylic acids is 2. The lowest BCUT2D eigenvalue weighted by molar-refractivity contribution is -0.144. The number of hydrogen-bond acceptors (Lipinski definition) is 5. The van der Waals surface area contributed by atoms with E-state index in [2.05, 4.69) is 5.32 Å². The molecule has 1 N–H and O–H groups in total. The molecule has 1 unspecified atom stereocenters. The highest BCUT2D eigenvalue weighted by molar-refractivity contribution is 5.99. The summed E-state index contributed by atoms with van der Waals surface area (Å²) in [7, 11) is 1.58. The fraction of sp³-hybridized carbons (Fsp3) is 0.474. The summed E-state index contributed by atoms with van der Waals surface area (Å²) >= 11 is 0. The first kappa shape index (κ1) is 17.3. The molecule has 0 aliphatic carbocycles. The molecule has 0 saturated carbocycles. The molecule has 134 valence electrons. The van der Waals surface area contributed by atoms with Crippen molar-refractivity contribution in [3.05, 3.63) is 35.0 Å². The van der Waals surface area contributed by atoms with Gasteiger partial charge in [0.05, 0.1) is 24.5 Å². The summed E-state index contributed by atoms with van der Waals surface area (Å²) in [6.07, 6.45) is 0.168. The molecule has 2 aliphatic rings. The topological polar surface area (TPSA) is 73.9 Å². The lowest BCUT2D eigenvalue weighted by atomic mass is 9.82. The van der Waals surface area contributed by atoms with Gasteiger partial charge in [0.2, 0.25) is 5.91 Å². The number of nitrogens with one attached hydrogen (secondary N) is 1. The van der Waals surface area contributed by atoms with Crippen molar-refractivity contribution in [1.82, 2.24) is 5.32 Å². The smallest absolute Gasteiger partial charge is 0.337 e. The van der Waals surface area contributed by atoms with Crippen molar-refractivity contribution >= 4 is 11.9 Å². The Kier molecular flexibility index (Phi) is 4.22. The van der Waals surface area contributed by atoms with E-state index in [0.29, 0.717) is 22.8 Å². The summed E-state index contributed by atoms with van der Waals surface area (Å²) in [5.74, 6) is 0.331. The zero-order valence-electron chi connectivity index (χ0n) is 15.1. The summed E-state index contributed by atoms with van der Waals surface area (Å²) < 4.78 is 16.6. The van der Waals surface area contributed by atoms with Gasteiger partial charge in [0, 0.05) is 12.3 Å². The number of carbonyl (C=O) groups is 2. The van der Waals surface area contributed by atoms with Gasteiger partial charge >= 0.3 is 5.97 Å². The van der Waals surface area contributed by atoms with Crippen molar-refractivity contribution < 1.29 is 23.8 Å². The Morgan fingerprint density at radius 1 is 1.24 bits per heavy atom. The summed E-state index contributed by atoms with van der Waals surface area (Å²) in [4.78, 5) is 24.6. The van der Waals surface area contributed by atoms with Crippen LogP contribution in [0.25, 0.3) is 0 Å². The fourth-order valence-electron chi connectivity index (χ4n) is 3.32. The number of esters is 1. The largest absolute Gasteiger partial charge is 0.493 e. The van der Waals surface area contributed by atoms with Crippen LogP contribution >= 0.6 is 0 Å². The van der Waals surface area contributed by atoms with Gasteiger partial charge in [-0.1, -0.05) is 6.07 Å². The van der Waals surface area contributed by atoms with Crippen LogP contribution in [0, 0.1) is 0 Å². The maximum atomic E-state index is 12.4. The molecule has 6 nitrogen and oxygen atoms in total. The Morgan fingerprint density at radius 2 is 1.96 bits per heavy atom. The molecule has 1 aromatic carbocycles. The highest BCUT2D eigenvalue weighted by Gasteiger charge is 2.47. The van der Waals surface area contributed by atoms with E-state index in [1.165, 1.54) is 0 Å². The lowest BCUT2D eigenvalue weighted by Gasteiger charge is -2.27. The number of hydrogen-bond donors (Lipinski definition) is 1. The van der Waals surface area contributed by atoms with E-state index < -0.39 is 5.60 Å². The van der Waals surface area contributed by atoms with Crippen molar-refractivity contribution in [3.63, 3.8) is 0 Å². The van der Waals surface area contributed by atoms with E-state index in [-0.39, 0.29) is 30.3 Å². The zero-order valence-corrected chi connectivity index (χ0v) is 15.1. The first-order chi connectivity index (χ1) is 11.7. The van der Waals surface area contributed by atoms with Crippen LogP contribution in [0.5, 0.6) is 11.5 Å². The average Bonchev–Trinajstić information content (AvgIpc) is 2.75. The molecule has 2 aliphatic heterocycles. The number of ether oxygens (including phenoxy) is 3. The first-order valence-electron chi connectivity index (χ1n) is 8.35. The van der Waals surface area contributed by atoms with Gasteiger partial charge < -0.3 is 19.5 Å². The molecule has 1 amide bonds. The van der Waals surface area contributed by atoms with Crippen LogP contribution in [0.4, 0.5) is 0 Å². The third-order valence-electron chi connectivity index (χ3n) is 4.39. The van der Waals surface area contributed by atoms with Crippen molar-refractivity contribution in [2.45, 2.75) is 51.7 Å². The lowest BCUT2D eigenvalue weighted by Crippen LogP contribution is -2.38. The molecule has 25 heavy (non-hydrogen) atoms. The van der Waals surface area contributed by atoms with E-state index >= 15 is 0 Å². The number of benzene rings is 1. The number of amides is 1. The predicted octanol–water partition coefficient (Wildman–Crippen LogP) is 2.68. The SMILES string of the molecule is COc1ccc(C2CC(=O)NC3=C2C(=O)OC3(C)C)cc1OC(C)C. The summed E-state index contributed by atoms with van der Waals surface area (Å²) in [6.45, 7) is 7.41. The van der Waals surface area contributed by atoms with E-state index in [0.717, 1.165) is 5.56 Å². The van der Waals surface area contributed by atoms with Crippen LogP contribution in [0.3, 0.4) is 0 Å². The number of rotatable bonds is 4. The van der Waals surface area contributed by atoms with Crippen LogP contribution < -0.4 is 14.8 Å². The van der Waals surface area contributed by atoms with Gasteiger partial charge in [0.1, 0.15) is 5.60 Å². The maximum absolute atomic E-state index is 12.4. The molecule has 0 aromatic heterocycles. The van der Waals surface area contributed by atoms with E-state index in [1.54, 1.807) is 27.0 Å². The maximum Gasteiger partial charge on any atom is 0.337 e. The van der Waals surface area contributed by atoms with Crippen LogP contribution in [0.1, 0.15) is 45.6 Å². The molecule has 2 heterocycles. The second kappa shape index (κ2) is 6.10. The van der Waals surface area contributed by atoms with Gasteiger partial charge in [-0.25, -0.2) is 4.79 Å². The monoisotopic (exact) mass is 345 g/mol. The Morgan fingerprint density at radius 3 is 2.60 bits per heavy atom. The van der Waals surface area contributed by atoms with E-state index in [9.17, 15) is 9.59 Å². The van der Waals surface area contributed by atoms with Gasteiger partial charge in [0.15, 0.2) is 11.5 Å². The molecule has 0 saturated heterocycles. The summed E-state index contributed by atoms with van der Waals surface area (Å²) in [6, 6.07) is 5.50.